The predicted molar refractivity (Wildman–Crippen MR) is 127 cm³/mol. The smallest absolute Gasteiger partial charge is 0.451 e. The summed E-state index contributed by atoms with van der Waals surface area (Å²) in [6.45, 7) is 4.48. The highest BCUT2D eigenvalue weighted by Gasteiger charge is 2.34. The SMILES string of the molecule is Cc1cnc(-c2cc(OC3CCN(C)CC3F)cc(C(=O)N[C@H](C)c3cnc(C(F)(F)F)nc3)c2)s1. The molecule has 0 saturated carbocycles. The number of halogens is 4. The van der Waals surface area contributed by atoms with Crippen molar-refractivity contribution >= 4 is 17.2 Å². The molecule has 1 fully saturated rings. The Hall–Kier alpha value is -3.12. The first-order chi connectivity index (χ1) is 17.0. The van der Waals surface area contributed by atoms with Gasteiger partial charge < -0.3 is 15.0 Å². The van der Waals surface area contributed by atoms with E-state index in [0.717, 1.165) is 17.3 Å². The highest BCUT2D eigenvalue weighted by Crippen LogP contribution is 2.31. The second-order valence-corrected chi connectivity index (χ2v) is 10.0. The standard InChI is InChI=1S/C24H25F4N5O2S/c1-13-9-29-22(36-13)16-6-15(7-18(8-16)35-20-4-5-33(3)12-19(20)25)21(34)32-14(2)17-10-30-23(31-11-17)24(26,27)28/h6-11,14,19-20H,4-5,12H2,1-3H3,(H,32,34)/t14-,19?,20?/m1/s1. The summed E-state index contributed by atoms with van der Waals surface area (Å²) in [4.78, 5) is 27.1. The molecule has 4 rings (SSSR count). The van der Waals surface area contributed by atoms with Gasteiger partial charge in [-0.1, -0.05) is 0 Å². The van der Waals surface area contributed by atoms with Gasteiger partial charge in [0.25, 0.3) is 5.91 Å². The van der Waals surface area contributed by atoms with Gasteiger partial charge in [0, 0.05) is 53.2 Å². The van der Waals surface area contributed by atoms with Crippen LogP contribution in [-0.4, -0.2) is 58.2 Å². The summed E-state index contributed by atoms with van der Waals surface area (Å²) in [6.07, 6.45) is -2.18. The Morgan fingerprint density at radius 1 is 1.19 bits per heavy atom. The van der Waals surface area contributed by atoms with Crippen molar-refractivity contribution in [3.8, 4) is 16.3 Å². The minimum absolute atomic E-state index is 0.248. The Morgan fingerprint density at radius 2 is 1.92 bits per heavy atom. The average Bonchev–Trinajstić information content (AvgIpc) is 3.26. The molecule has 7 nitrogen and oxygen atoms in total. The number of likely N-dealkylation sites (tertiary alicyclic amines) is 1. The molecule has 0 radical (unpaired) electrons. The zero-order chi connectivity index (χ0) is 26.0. The van der Waals surface area contributed by atoms with E-state index in [9.17, 15) is 22.4 Å². The summed E-state index contributed by atoms with van der Waals surface area (Å²) < 4.78 is 58.8. The highest BCUT2D eigenvalue weighted by atomic mass is 32.1. The van der Waals surface area contributed by atoms with E-state index in [0.29, 0.717) is 34.8 Å². The number of nitrogens with one attached hydrogen (secondary N) is 1. The summed E-state index contributed by atoms with van der Waals surface area (Å²) in [6, 6.07) is 4.24. The third-order valence-corrected chi connectivity index (χ3v) is 6.74. The Labute approximate surface area is 209 Å². The Balaban J connectivity index is 1.57. The molecule has 36 heavy (non-hydrogen) atoms. The van der Waals surface area contributed by atoms with Crippen molar-refractivity contribution in [3.05, 3.63) is 58.6 Å². The van der Waals surface area contributed by atoms with Gasteiger partial charge in [-0.15, -0.1) is 11.3 Å². The summed E-state index contributed by atoms with van der Waals surface area (Å²) in [5.74, 6) is -1.39. The van der Waals surface area contributed by atoms with Gasteiger partial charge in [-0.25, -0.2) is 19.3 Å². The summed E-state index contributed by atoms with van der Waals surface area (Å²) in [5, 5.41) is 3.42. The Kier molecular flexibility index (Phi) is 7.55. The number of hydrogen-bond acceptors (Lipinski definition) is 7. The Bertz CT molecular complexity index is 1220. The van der Waals surface area contributed by atoms with Crippen molar-refractivity contribution in [1.82, 2.24) is 25.2 Å². The van der Waals surface area contributed by atoms with E-state index in [-0.39, 0.29) is 12.1 Å². The molecular formula is C24H25F4N5O2S. The van der Waals surface area contributed by atoms with Crippen molar-refractivity contribution in [2.45, 2.75) is 44.8 Å². The number of nitrogens with zero attached hydrogens (tertiary/aromatic N) is 4. The maximum atomic E-state index is 14.6. The first-order valence-corrected chi connectivity index (χ1v) is 12.1. The lowest BCUT2D eigenvalue weighted by Gasteiger charge is -2.32. The van der Waals surface area contributed by atoms with Crippen LogP contribution in [0.2, 0.25) is 0 Å². The van der Waals surface area contributed by atoms with Crippen LogP contribution in [0.4, 0.5) is 17.6 Å². The first-order valence-electron chi connectivity index (χ1n) is 11.3. The van der Waals surface area contributed by atoms with E-state index in [4.69, 9.17) is 4.74 Å². The van der Waals surface area contributed by atoms with Crippen LogP contribution in [0.1, 0.15) is 46.0 Å². The predicted octanol–water partition coefficient (Wildman–Crippen LogP) is 4.84. The zero-order valence-electron chi connectivity index (χ0n) is 19.8. The molecule has 0 aliphatic carbocycles. The molecule has 2 aromatic heterocycles. The van der Waals surface area contributed by atoms with Crippen LogP contribution < -0.4 is 10.1 Å². The lowest BCUT2D eigenvalue weighted by atomic mass is 10.1. The van der Waals surface area contributed by atoms with Crippen molar-refractivity contribution in [3.63, 3.8) is 0 Å². The number of aromatic nitrogens is 3. The highest BCUT2D eigenvalue weighted by molar-refractivity contribution is 7.14. The monoisotopic (exact) mass is 523 g/mol. The molecule has 12 heteroatoms. The zero-order valence-corrected chi connectivity index (χ0v) is 20.7. The fraction of sp³-hybridized carbons (Fsp3) is 0.417. The summed E-state index contributed by atoms with van der Waals surface area (Å²) in [7, 11) is 1.85. The van der Waals surface area contributed by atoms with Crippen LogP contribution in [0.3, 0.4) is 0 Å². The number of rotatable bonds is 6. The van der Waals surface area contributed by atoms with Crippen molar-refractivity contribution in [2.75, 3.05) is 20.1 Å². The van der Waals surface area contributed by atoms with E-state index in [1.54, 1.807) is 25.3 Å². The van der Waals surface area contributed by atoms with E-state index in [2.05, 4.69) is 20.3 Å². The minimum Gasteiger partial charge on any atom is -0.487 e. The molecule has 2 unspecified atom stereocenters. The number of amides is 1. The Morgan fingerprint density at radius 3 is 2.53 bits per heavy atom. The number of hydrogen-bond donors (Lipinski definition) is 1. The van der Waals surface area contributed by atoms with Gasteiger partial charge >= 0.3 is 6.18 Å². The summed E-state index contributed by atoms with van der Waals surface area (Å²) in [5.41, 5.74) is 1.20. The van der Waals surface area contributed by atoms with E-state index < -0.39 is 36.2 Å². The maximum absolute atomic E-state index is 14.6. The maximum Gasteiger partial charge on any atom is 0.451 e. The number of aryl methyl sites for hydroxylation is 1. The number of piperidine rings is 1. The van der Waals surface area contributed by atoms with Crippen LogP contribution in [-0.2, 0) is 6.18 Å². The number of thiazole rings is 1. The van der Waals surface area contributed by atoms with E-state index >= 15 is 0 Å². The molecule has 3 atom stereocenters. The second-order valence-electron chi connectivity index (χ2n) is 8.78. The molecule has 1 amide bonds. The molecule has 1 N–H and O–H groups in total. The fourth-order valence-electron chi connectivity index (χ4n) is 3.82. The van der Waals surface area contributed by atoms with Crippen LogP contribution >= 0.6 is 11.3 Å². The van der Waals surface area contributed by atoms with Crippen molar-refractivity contribution in [2.24, 2.45) is 0 Å². The molecule has 0 bridgehead atoms. The number of ether oxygens (including phenoxy) is 1. The van der Waals surface area contributed by atoms with E-state index in [1.807, 2.05) is 18.9 Å². The van der Waals surface area contributed by atoms with Crippen LogP contribution in [0, 0.1) is 6.92 Å². The number of carbonyl (C=O) groups excluding carboxylic acids is 1. The number of carbonyl (C=O) groups is 1. The third-order valence-electron chi connectivity index (χ3n) is 5.78. The van der Waals surface area contributed by atoms with Gasteiger partial charge in [0.15, 0.2) is 0 Å². The van der Waals surface area contributed by atoms with Gasteiger partial charge in [0.05, 0.1) is 6.04 Å². The molecule has 1 aliphatic rings. The van der Waals surface area contributed by atoms with Crippen LogP contribution in [0.15, 0.2) is 36.8 Å². The molecule has 3 heterocycles. The third kappa shape index (κ3) is 6.16. The minimum atomic E-state index is -4.65. The normalized spacial score (nSPS) is 19.6. The fourth-order valence-corrected chi connectivity index (χ4v) is 4.58. The van der Waals surface area contributed by atoms with E-state index in [1.165, 1.54) is 17.4 Å². The largest absolute Gasteiger partial charge is 0.487 e. The molecule has 3 aromatic rings. The quantitative estimate of drug-likeness (QED) is 0.466. The lowest BCUT2D eigenvalue weighted by molar-refractivity contribution is -0.145. The van der Waals surface area contributed by atoms with Gasteiger partial charge in [-0.3, -0.25) is 4.79 Å². The molecular weight excluding hydrogens is 498 g/mol. The van der Waals surface area contributed by atoms with Crippen LogP contribution in [0.25, 0.3) is 10.6 Å². The second kappa shape index (κ2) is 10.5. The van der Waals surface area contributed by atoms with Crippen molar-refractivity contribution in [1.29, 1.82) is 0 Å². The van der Waals surface area contributed by atoms with Gasteiger partial charge in [-0.2, -0.15) is 13.2 Å². The number of benzene rings is 1. The lowest BCUT2D eigenvalue weighted by Crippen LogP contribution is -2.45. The first kappa shape index (κ1) is 26.0. The molecule has 1 aliphatic heterocycles. The van der Waals surface area contributed by atoms with Gasteiger partial charge in [0.2, 0.25) is 5.82 Å². The molecule has 192 valence electrons. The van der Waals surface area contributed by atoms with Crippen LogP contribution in [0.5, 0.6) is 5.75 Å². The van der Waals surface area contributed by atoms with Gasteiger partial charge in [-0.05, 0) is 45.5 Å². The topological polar surface area (TPSA) is 80.2 Å². The average molecular weight is 524 g/mol. The van der Waals surface area contributed by atoms with Gasteiger partial charge in [0.1, 0.15) is 23.0 Å². The van der Waals surface area contributed by atoms with Crippen molar-refractivity contribution < 1.29 is 27.1 Å². The molecule has 1 saturated heterocycles. The molecule has 1 aromatic carbocycles. The molecule has 0 spiro atoms. The number of alkyl halides is 4. The summed E-state index contributed by atoms with van der Waals surface area (Å²) >= 11 is 1.44.